The van der Waals surface area contributed by atoms with Crippen molar-refractivity contribution >= 4 is 19.9 Å². The molecule has 1 N–H and O–H groups in total. The molecule has 0 aliphatic carbocycles. The van der Waals surface area contributed by atoms with Gasteiger partial charge in [0.05, 0.1) is 12.6 Å². The second-order valence-electron chi connectivity index (χ2n) is 9.58. The lowest BCUT2D eigenvalue weighted by Crippen LogP contribution is -2.40. The third-order valence-electron chi connectivity index (χ3n) is 6.38. The topological polar surface area (TPSA) is 49.8 Å². The normalized spacial score (nSPS) is 18.1. The van der Waals surface area contributed by atoms with Gasteiger partial charge in [0, 0.05) is 18.7 Å². The maximum atomic E-state index is 12.0. The molecule has 0 saturated carbocycles. The fraction of sp³-hybridized carbons (Fsp3) is 0.696. The second-order valence-corrected chi connectivity index (χ2v) is 14.4. The number of nitrogens with zero attached hydrogens (tertiary/aromatic N) is 1. The maximum Gasteiger partial charge on any atom is 0.227 e. The molecule has 1 aromatic carbocycles. The Kier molecular flexibility index (Phi) is 8.28. The van der Waals surface area contributed by atoms with E-state index in [1.165, 1.54) is 24.8 Å². The lowest BCUT2D eigenvalue weighted by atomic mass is 10.1. The van der Waals surface area contributed by atoms with Gasteiger partial charge in [0.15, 0.2) is 8.32 Å². The van der Waals surface area contributed by atoms with Crippen molar-refractivity contribution in [3.63, 3.8) is 0 Å². The molecule has 1 aromatic rings. The average molecular weight is 406 g/mol. The summed E-state index contributed by atoms with van der Waals surface area (Å²) in [5.41, 5.74) is 2.22. The molecule has 158 valence electrons. The lowest BCUT2D eigenvalue weighted by molar-refractivity contribution is -0.117. The first-order valence-corrected chi connectivity index (χ1v) is 13.7. The van der Waals surface area contributed by atoms with Gasteiger partial charge in [-0.05, 0) is 61.5 Å². The van der Waals surface area contributed by atoms with Crippen LogP contribution >= 0.6 is 0 Å². The summed E-state index contributed by atoms with van der Waals surface area (Å²) in [6.45, 7) is 12.4. The van der Waals surface area contributed by atoms with E-state index in [9.17, 15) is 9.90 Å². The van der Waals surface area contributed by atoms with E-state index < -0.39 is 8.32 Å². The van der Waals surface area contributed by atoms with Gasteiger partial charge in [0.25, 0.3) is 0 Å². The molecule has 1 fully saturated rings. The number of carbonyl (C=O) groups is 1. The summed E-state index contributed by atoms with van der Waals surface area (Å²) in [5.74, 6) is 0.117. The molecule has 1 amide bonds. The van der Waals surface area contributed by atoms with Gasteiger partial charge in [0.1, 0.15) is 0 Å². The van der Waals surface area contributed by atoms with Crippen LogP contribution in [0.4, 0.5) is 5.69 Å². The molecule has 4 nitrogen and oxygen atoms in total. The van der Waals surface area contributed by atoms with Crippen molar-refractivity contribution < 1.29 is 14.3 Å². The minimum Gasteiger partial charge on any atom is -0.417 e. The van der Waals surface area contributed by atoms with Crippen LogP contribution in [0.5, 0.6) is 0 Å². The molecule has 0 radical (unpaired) electrons. The number of unbranched alkanes of at least 4 members (excludes halogenated alkanes) is 3. The van der Waals surface area contributed by atoms with Crippen molar-refractivity contribution in [3.8, 4) is 0 Å². The number of anilines is 1. The molecule has 1 saturated heterocycles. The minimum atomic E-state index is -1.60. The quantitative estimate of drug-likeness (QED) is 0.424. The second kappa shape index (κ2) is 10.0. The summed E-state index contributed by atoms with van der Waals surface area (Å²) in [6.07, 6.45) is 7.11. The molecular weight excluding hydrogens is 366 g/mol. The third-order valence-corrected chi connectivity index (χ3v) is 10.9. The Morgan fingerprint density at radius 1 is 1.11 bits per heavy atom. The predicted octanol–water partition coefficient (Wildman–Crippen LogP) is 5.30. The molecule has 0 unspecified atom stereocenters. The first-order valence-electron chi connectivity index (χ1n) is 10.8. The SMILES string of the molecule is CC(C)(C)[Si](C)(C)OCCCCCCc1ccc(N2C(=O)CC[C@@H]2CO)cc1. The van der Waals surface area contributed by atoms with E-state index in [2.05, 4.69) is 46.0 Å². The zero-order valence-electron chi connectivity index (χ0n) is 18.5. The minimum absolute atomic E-state index is 0.0344. The Labute approximate surface area is 172 Å². The van der Waals surface area contributed by atoms with Gasteiger partial charge in [-0.1, -0.05) is 45.7 Å². The number of aliphatic hydroxyl groups is 1. The fourth-order valence-electron chi connectivity index (χ4n) is 3.42. The van der Waals surface area contributed by atoms with Crippen molar-refractivity contribution in [2.45, 2.75) is 89.9 Å². The molecule has 5 heteroatoms. The highest BCUT2D eigenvalue weighted by molar-refractivity contribution is 6.74. The van der Waals surface area contributed by atoms with Gasteiger partial charge < -0.3 is 14.4 Å². The Balaban J connectivity index is 1.67. The van der Waals surface area contributed by atoms with Gasteiger partial charge >= 0.3 is 0 Å². The Bertz CT molecular complexity index is 622. The molecule has 0 spiro atoms. The number of benzene rings is 1. The average Bonchev–Trinajstić information content (AvgIpc) is 3.01. The Morgan fingerprint density at radius 2 is 1.75 bits per heavy atom. The van der Waals surface area contributed by atoms with E-state index in [0.717, 1.165) is 31.6 Å². The maximum absolute atomic E-state index is 12.0. The predicted molar refractivity (Wildman–Crippen MR) is 119 cm³/mol. The fourth-order valence-corrected chi connectivity index (χ4v) is 4.51. The van der Waals surface area contributed by atoms with E-state index in [-0.39, 0.29) is 23.6 Å². The smallest absolute Gasteiger partial charge is 0.227 e. The Morgan fingerprint density at radius 3 is 2.36 bits per heavy atom. The van der Waals surface area contributed by atoms with Gasteiger partial charge in [-0.2, -0.15) is 0 Å². The van der Waals surface area contributed by atoms with Crippen molar-refractivity contribution in [1.29, 1.82) is 0 Å². The summed E-state index contributed by atoms with van der Waals surface area (Å²) in [6, 6.07) is 8.22. The summed E-state index contributed by atoms with van der Waals surface area (Å²) in [7, 11) is -1.60. The zero-order chi connectivity index (χ0) is 20.8. The van der Waals surface area contributed by atoms with Crippen LogP contribution in [0, 0.1) is 0 Å². The first kappa shape index (κ1) is 23.1. The Hall–Kier alpha value is -1.17. The summed E-state index contributed by atoms with van der Waals surface area (Å²) in [4.78, 5) is 13.8. The number of hydrogen-bond donors (Lipinski definition) is 1. The van der Waals surface area contributed by atoms with Crippen molar-refractivity contribution in [2.24, 2.45) is 0 Å². The zero-order valence-corrected chi connectivity index (χ0v) is 19.5. The number of aliphatic hydroxyl groups excluding tert-OH is 1. The van der Waals surface area contributed by atoms with Crippen LogP contribution in [0.3, 0.4) is 0 Å². The summed E-state index contributed by atoms with van der Waals surface area (Å²) in [5, 5.41) is 9.75. The van der Waals surface area contributed by atoms with Gasteiger partial charge in [-0.3, -0.25) is 4.79 Å². The molecule has 1 aliphatic heterocycles. The summed E-state index contributed by atoms with van der Waals surface area (Å²) >= 11 is 0. The standard InChI is InChI=1S/C23H39NO3Si/c1-23(2,3)28(4,5)27-17-9-7-6-8-10-19-11-13-20(14-12-19)24-21(18-25)15-16-22(24)26/h11-14,21,25H,6-10,15-18H2,1-5H3/t21-/m1/s1. The van der Waals surface area contributed by atoms with Crippen molar-refractivity contribution in [2.75, 3.05) is 18.1 Å². The van der Waals surface area contributed by atoms with Crippen LogP contribution in [0.1, 0.15) is 64.9 Å². The van der Waals surface area contributed by atoms with Crippen LogP contribution in [0.15, 0.2) is 24.3 Å². The van der Waals surface area contributed by atoms with E-state index in [0.29, 0.717) is 6.42 Å². The number of amides is 1. The van der Waals surface area contributed by atoms with Crippen LogP contribution in [0.2, 0.25) is 18.1 Å². The van der Waals surface area contributed by atoms with Gasteiger partial charge in [-0.15, -0.1) is 0 Å². The number of hydrogen-bond acceptors (Lipinski definition) is 3. The molecule has 1 atom stereocenters. The largest absolute Gasteiger partial charge is 0.417 e. The van der Waals surface area contributed by atoms with E-state index in [1.807, 2.05) is 12.1 Å². The molecule has 28 heavy (non-hydrogen) atoms. The summed E-state index contributed by atoms with van der Waals surface area (Å²) < 4.78 is 6.24. The molecule has 2 rings (SSSR count). The number of rotatable bonds is 10. The van der Waals surface area contributed by atoms with E-state index in [1.54, 1.807) is 4.90 Å². The van der Waals surface area contributed by atoms with Crippen LogP contribution in [0.25, 0.3) is 0 Å². The third kappa shape index (κ3) is 6.16. The van der Waals surface area contributed by atoms with E-state index in [4.69, 9.17) is 4.43 Å². The van der Waals surface area contributed by atoms with Crippen LogP contribution in [-0.4, -0.2) is 38.6 Å². The highest BCUT2D eigenvalue weighted by Gasteiger charge is 2.36. The van der Waals surface area contributed by atoms with Crippen LogP contribution in [-0.2, 0) is 15.6 Å². The molecule has 0 bridgehead atoms. The molecule has 1 aliphatic rings. The van der Waals surface area contributed by atoms with Gasteiger partial charge in [-0.25, -0.2) is 0 Å². The van der Waals surface area contributed by atoms with E-state index >= 15 is 0 Å². The monoisotopic (exact) mass is 405 g/mol. The number of carbonyl (C=O) groups excluding carboxylic acids is 1. The molecule has 1 heterocycles. The van der Waals surface area contributed by atoms with Crippen LogP contribution < -0.4 is 4.90 Å². The first-order chi connectivity index (χ1) is 13.2. The van der Waals surface area contributed by atoms with Crippen molar-refractivity contribution in [3.05, 3.63) is 29.8 Å². The molecule has 0 aromatic heterocycles. The van der Waals surface area contributed by atoms with Crippen molar-refractivity contribution in [1.82, 2.24) is 0 Å². The highest BCUT2D eigenvalue weighted by Crippen LogP contribution is 2.36. The number of aryl methyl sites for hydroxylation is 1. The van der Waals surface area contributed by atoms with Gasteiger partial charge in [0.2, 0.25) is 5.91 Å². The highest BCUT2D eigenvalue weighted by atomic mass is 28.4. The lowest BCUT2D eigenvalue weighted by Gasteiger charge is -2.36. The molecular formula is C23H39NO3Si.